The Kier molecular flexibility index (Phi) is 3.37. The van der Waals surface area contributed by atoms with Gasteiger partial charge >= 0.3 is 0 Å². The van der Waals surface area contributed by atoms with Crippen LogP contribution >= 0.6 is 0 Å². The van der Waals surface area contributed by atoms with Crippen LogP contribution in [0.15, 0.2) is 24.3 Å². The molecule has 1 aliphatic rings. The van der Waals surface area contributed by atoms with Crippen LogP contribution in [-0.2, 0) is 4.79 Å². The lowest BCUT2D eigenvalue weighted by molar-refractivity contribution is -0.130. The normalized spacial score (nSPS) is 15.5. The topological polar surface area (TPSA) is 56.4 Å². The minimum absolute atomic E-state index is 0.0307. The van der Waals surface area contributed by atoms with Crippen molar-refractivity contribution in [2.45, 2.75) is 6.92 Å². The number of hydrogen-bond acceptors (Lipinski definition) is 2. The molecule has 1 N–H and O–H groups in total. The molecule has 3 rings (SSSR count). The number of rotatable bonds is 1. The fourth-order valence-corrected chi connectivity index (χ4v) is 2.61. The van der Waals surface area contributed by atoms with Gasteiger partial charge in [0.2, 0.25) is 5.91 Å². The number of benzene rings is 1. The van der Waals surface area contributed by atoms with E-state index in [-0.39, 0.29) is 17.6 Å². The molecule has 0 atom stereocenters. The molecule has 1 fully saturated rings. The number of fused-ring (bicyclic) bond motifs is 1. The number of amides is 2. The second-order valence-electron chi connectivity index (χ2n) is 5.21. The fraction of sp³-hybridized carbons (Fsp3) is 0.333. The van der Waals surface area contributed by atoms with E-state index in [0.717, 1.165) is 5.39 Å². The van der Waals surface area contributed by atoms with E-state index in [9.17, 15) is 14.0 Å². The summed E-state index contributed by atoms with van der Waals surface area (Å²) >= 11 is 0. The van der Waals surface area contributed by atoms with Gasteiger partial charge in [0.25, 0.3) is 5.91 Å². The molecular formula is C15H16FN3O2. The molecule has 2 aromatic rings. The van der Waals surface area contributed by atoms with Crippen molar-refractivity contribution >= 4 is 22.7 Å². The number of aromatic amines is 1. The molecule has 0 spiro atoms. The van der Waals surface area contributed by atoms with Gasteiger partial charge in [0.15, 0.2) is 0 Å². The standard InChI is InChI=1S/C15H16FN3O2/c1-10(20)18-4-6-19(7-5-18)15(21)14-8-11-2-3-12(16)9-13(11)17-14/h2-3,8-9,17H,4-7H2,1H3. The summed E-state index contributed by atoms with van der Waals surface area (Å²) in [5, 5.41) is 0.808. The van der Waals surface area contributed by atoms with Gasteiger partial charge in [-0.3, -0.25) is 9.59 Å². The minimum atomic E-state index is -0.335. The van der Waals surface area contributed by atoms with E-state index >= 15 is 0 Å². The van der Waals surface area contributed by atoms with E-state index in [4.69, 9.17) is 0 Å². The van der Waals surface area contributed by atoms with Crippen molar-refractivity contribution in [3.8, 4) is 0 Å². The largest absolute Gasteiger partial charge is 0.350 e. The zero-order valence-corrected chi connectivity index (χ0v) is 11.7. The van der Waals surface area contributed by atoms with E-state index in [1.165, 1.54) is 19.1 Å². The van der Waals surface area contributed by atoms with Crippen LogP contribution in [0.25, 0.3) is 10.9 Å². The molecule has 1 aromatic heterocycles. The number of carbonyl (C=O) groups excluding carboxylic acids is 2. The maximum atomic E-state index is 13.2. The van der Waals surface area contributed by atoms with Crippen LogP contribution in [0.3, 0.4) is 0 Å². The highest BCUT2D eigenvalue weighted by atomic mass is 19.1. The van der Waals surface area contributed by atoms with Crippen LogP contribution in [-0.4, -0.2) is 52.8 Å². The summed E-state index contributed by atoms with van der Waals surface area (Å²) in [5.74, 6) is -0.420. The second-order valence-corrected chi connectivity index (χ2v) is 5.21. The molecule has 0 radical (unpaired) electrons. The summed E-state index contributed by atoms with van der Waals surface area (Å²) in [6.45, 7) is 3.67. The van der Waals surface area contributed by atoms with Gasteiger partial charge in [-0.1, -0.05) is 0 Å². The van der Waals surface area contributed by atoms with Gasteiger partial charge in [0, 0.05) is 44.0 Å². The molecule has 110 valence electrons. The number of nitrogens with zero attached hydrogens (tertiary/aromatic N) is 2. The van der Waals surface area contributed by atoms with Crippen LogP contribution in [0.2, 0.25) is 0 Å². The van der Waals surface area contributed by atoms with Gasteiger partial charge in [-0.2, -0.15) is 0 Å². The van der Waals surface area contributed by atoms with Crippen molar-refractivity contribution in [3.05, 3.63) is 35.8 Å². The lowest BCUT2D eigenvalue weighted by Crippen LogP contribution is -2.50. The third-order valence-corrected chi connectivity index (χ3v) is 3.83. The molecule has 1 aromatic carbocycles. The van der Waals surface area contributed by atoms with Crippen molar-refractivity contribution in [1.82, 2.24) is 14.8 Å². The van der Waals surface area contributed by atoms with Crippen LogP contribution in [0, 0.1) is 5.82 Å². The molecule has 5 nitrogen and oxygen atoms in total. The van der Waals surface area contributed by atoms with Gasteiger partial charge in [-0.25, -0.2) is 4.39 Å². The lowest BCUT2D eigenvalue weighted by Gasteiger charge is -2.33. The third kappa shape index (κ3) is 2.61. The van der Waals surface area contributed by atoms with E-state index in [2.05, 4.69) is 4.98 Å². The summed E-state index contributed by atoms with van der Waals surface area (Å²) < 4.78 is 13.2. The summed E-state index contributed by atoms with van der Waals surface area (Å²) in [6, 6.07) is 6.12. The Balaban J connectivity index is 1.76. The number of aromatic nitrogens is 1. The molecule has 1 saturated heterocycles. The Morgan fingerprint density at radius 3 is 2.43 bits per heavy atom. The van der Waals surface area contributed by atoms with Crippen LogP contribution < -0.4 is 0 Å². The van der Waals surface area contributed by atoms with Gasteiger partial charge < -0.3 is 14.8 Å². The zero-order valence-electron chi connectivity index (χ0n) is 11.7. The summed E-state index contributed by atoms with van der Waals surface area (Å²) in [7, 11) is 0. The van der Waals surface area contributed by atoms with Crippen molar-refractivity contribution in [2.75, 3.05) is 26.2 Å². The lowest BCUT2D eigenvalue weighted by atomic mass is 10.2. The first-order chi connectivity index (χ1) is 10.0. The maximum Gasteiger partial charge on any atom is 0.270 e. The number of H-pyrrole nitrogens is 1. The highest BCUT2D eigenvalue weighted by Crippen LogP contribution is 2.18. The fourth-order valence-electron chi connectivity index (χ4n) is 2.61. The van der Waals surface area contributed by atoms with Gasteiger partial charge in [0.05, 0.1) is 0 Å². The van der Waals surface area contributed by atoms with Gasteiger partial charge in [-0.15, -0.1) is 0 Å². The summed E-state index contributed by atoms with van der Waals surface area (Å²) in [6.07, 6.45) is 0. The Bertz CT molecular complexity index is 702. The van der Waals surface area contributed by atoms with Gasteiger partial charge in [-0.05, 0) is 24.3 Å². The van der Waals surface area contributed by atoms with Crippen molar-refractivity contribution in [3.63, 3.8) is 0 Å². The first kappa shape index (κ1) is 13.6. The minimum Gasteiger partial charge on any atom is -0.350 e. The predicted molar refractivity (Wildman–Crippen MR) is 76.4 cm³/mol. The van der Waals surface area contributed by atoms with Gasteiger partial charge in [0.1, 0.15) is 11.5 Å². The van der Waals surface area contributed by atoms with E-state index < -0.39 is 0 Å². The predicted octanol–water partition coefficient (Wildman–Crippen LogP) is 1.61. The molecule has 0 bridgehead atoms. The Morgan fingerprint density at radius 2 is 1.76 bits per heavy atom. The quantitative estimate of drug-likeness (QED) is 0.867. The molecule has 2 amide bonds. The highest BCUT2D eigenvalue weighted by Gasteiger charge is 2.24. The number of halogens is 1. The average molecular weight is 289 g/mol. The van der Waals surface area contributed by atoms with E-state index in [0.29, 0.717) is 37.4 Å². The third-order valence-electron chi connectivity index (χ3n) is 3.83. The summed E-state index contributed by atoms with van der Waals surface area (Å²) in [4.78, 5) is 30.1. The Hall–Kier alpha value is -2.37. The van der Waals surface area contributed by atoms with Crippen molar-refractivity contribution in [2.24, 2.45) is 0 Å². The molecule has 21 heavy (non-hydrogen) atoms. The van der Waals surface area contributed by atoms with Crippen LogP contribution in [0.4, 0.5) is 4.39 Å². The molecule has 6 heteroatoms. The first-order valence-corrected chi connectivity index (χ1v) is 6.87. The second kappa shape index (κ2) is 5.20. The molecule has 0 aliphatic carbocycles. The molecule has 0 unspecified atom stereocenters. The molecule has 0 saturated carbocycles. The molecular weight excluding hydrogens is 273 g/mol. The van der Waals surface area contributed by atoms with Crippen LogP contribution in [0.1, 0.15) is 17.4 Å². The monoisotopic (exact) mass is 289 g/mol. The van der Waals surface area contributed by atoms with Crippen molar-refractivity contribution < 1.29 is 14.0 Å². The van der Waals surface area contributed by atoms with Crippen molar-refractivity contribution in [1.29, 1.82) is 0 Å². The van der Waals surface area contributed by atoms with E-state index in [1.807, 2.05) is 0 Å². The number of nitrogens with one attached hydrogen (secondary N) is 1. The maximum absolute atomic E-state index is 13.2. The smallest absolute Gasteiger partial charge is 0.270 e. The number of piperazine rings is 1. The number of carbonyl (C=O) groups is 2. The first-order valence-electron chi connectivity index (χ1n) is 6.87. The average Bonchev–Trinajstić information content (AvgIpc) is 2.89. The highest BCUT2D eigenvalue weighted by molar-refractivity contribution is 5.98. The Labute approximate surface area is 121 Å². The molecule has 2 heterocycles. The SMILES string of the molecule is CC(=O)N1CCN(C(=O)c2cc3ccc(F)cc3[nH]2)CC1. The van der Waals surface area contributed by atoms with Crippen LogP contribution in [0.5, 0.6) is 0 Å². The zero-order chi connectivity index (χ0) is 15.0. The molecule has 1 aliphatic heterocycles. The Morgan fingerprint density at radius 1 is 1.10 bits per heavy atom. The summed E-state index contributed by atoms with van der Waals surface area (Å²) in [5.41, 5.74) is 1.06. The van der Waals surface area contributed by atoms with E-state index in [1.54, 1.807) is 21.9 Å². The number of hydrogen-bond donors (Lipinski definition) is 1.